The number of non-ortho nitro benzene ring substituents is 1. The fraction of sp³-hybridized carbons (Fsp3) is 0.588. The molecule has 0 aromatic heterocycles. The van der Waals surface area contributed by atoms with E-state index in [4.69, 9.17) is 4.99 Å². The van der Waals surface area contributed by atoms with Gasteiger partial charge in [0.2, 0.25) is 0 Å². The fourth-order valence-electron chi connectivity index (χ4n) is 2.61. The predicted octanol–water partition coefficient (Wildman–Crippen LogP) is 4.71. The van der Waals surface area contributed by atoms with E-state index >= 15 is 0 Å². The van der Waals surface area contributed by atoms with Crippen LogP contribution in [0.4, 0.5) is 11.4 Å². The van der Waals surface area contributed by atoms with Crippen LogP contribution in [0.5, 0.6) is 0 Å². The lowest BCUT2D eigenvalue weighted by Crippen LogP contribution is -2.44. The maximum Gasteiger partial charge on any atom is 0.269 e. The van der Waals surface area contributed by atoms with Crippen LogP contribution in [0.2, 0.25) is 0 Å². The van der Waals surface area contributed by atoms with Crippen LogP contribution in [0.3, 0.4) is 0 Å². The Morgan fingerprint density at radius 1 is 1.14 bits per heavy atom. The lowest BCUT2D eigenvalue weighted by molar-refractivity contribution is -0.384. The smallest absolute Gasteiger partial charge is 0.269 e. The van der Waals surface area contributed by atoms with Crippen molar-refractivity contribution < 1.29 is 4.92 Å². The number of benzene rings is 1. The van der Waals surface area contributed by atoms with E-state index in [9.17, 15) is 10.1 Å². The van der Waals surface area contributed by atoms with E-state index in [0.29, 0.717) is 12.1 Å². The molecule has 1 aromatic carbocycles. The maximum absolute atomic E-state index is 10.8. The van der Waals surface area contributed by atoms with Crippen molar-refractivity contribution in [2.75, 3.05) is 0 Å². The molecule has 22 heavy (non-hydrogen) atoms. The Morgan fingerprint density at radius 3 is 2.05 bits per heavy atom. The van der Waals surface area contributed by atoms with Crippen molar-refractivity contribution >= 4 is 17.2 Å². The normalized spacial score (nSPS) is 12.4. The number of aliphatic imine (C=N–C) groups is 1. The van der Waals surface area contributed by atoms with Gasteiger partial charge in [0, 0.05) is 30.1 Å². The quantitative estimate of drug-likeness (QED) is 0.342. The third-order valence-corrected chi connectivity index (χ3v) is 3.52. The highest BCUT2D eigenvalue weighted by Gasteiger charge is 2.21. The van der Waals surface area contributed by atoms with Crippen molar-refractivity contribution in [3.8, 4) is 0 Å². The molecule has 0 aliphatic heterocycles. The molecule has 0 N–H and O–H groups in total. The van der Waals surface area contributed by atoms with Gasteiger partial charge in [0.1, 0.15) is 5.84 Å². The zero-order valence-electron chi connectivity index (χ0n) is 14.6. The second kappa shape index (κ2) is 7.38. The highest BCUT2D eigenvalue weighted by Crippen LogP contribution is 2.26. The van der Waals surface area contributed by atoms with Crippen molar-refractivity contribution in [3.63, 3.8) is 0 Å². The molecule has 5 nitrogen and oxygen atoms in total. The molecule has 0 bridgehead atoms. The minimum atomic E-state index is -0.377. The second-order valence-electron chi connectivity index (χ2n) is 6.45. The Balaban J connectivity index is 3.32. The first-order chi connectivity index (χ1) is 10.1. The zero-order valence-corrected chi connectivity index (χ0v) is 14.6. The van der Waals surface area contributed by atoms with Crippen LogP contribution in [0.1, 0.15) is 47.1 Å². The van der Waals surface area contributed by atoms with Crippen molar-refractivity contribution in [2.24, 2.45) is 10.9 Å². The molecule has 0 saturated heterocycles. The number of amidine groups is 1. The lowest BCUT2D eigenvalue weighted by Gasteiger charge is -2.36. The van der Waals surface area contributed by atoms with Gasteiger partial charge in [-0.25, -0.2) is 4.99 Å². The molecule has 0 aliphatic rings. The largest absolute Gasteiger partial charge is 0.355 e. The molecule has 0 fully saturated rings. The molecule has 0 spiro atoms. The summed E-state index contributed by atoms with van der Waals surface area (Å²) in [5, 5.41) is 10.8. The molecule has 1 aromatic rings. The molecule has 0 unspecified atom stereocenters. The molecular weight excluding hydrogens is 278 g/mol. The van der Waals surface area contributed by atoms with Crippen molar-refractivity contribution in [1.82, 2.24) is 4.90 Å². The van der Waals surface area contributed by atoms with Gasteiger partial charge in [0.25, 0.3) is 5.69 Å². The first-order valence-corrected chi connectivity index (χ1v) is 7.77. The third kappa shape index (κ3) is 4.29. The van der Waals surface area contributed by atoms with Gasteiger partial charge in [-0.15, -0.1) is 0 Å². The molecule has 122 valence electrons. The molecular formula is C17H27N3O2. The minimum absolute atomic E-state index is 0.104. The number of hydrogen-bond donors (Lipinski definition) is 0. The molecule has 0 radical (unpaired) electrons. The summed E-state index contributed by atoms with van der Waals surface area (Å²) < 4.78 is 0. The van der Waals surface area contributed by atoms with Crippen LogP contribution in [-0.4, -0.2) is 27.7 Å². The summed E-state index contributed by atoms with van der Waals surface area (Å²) in [6.07, 6.45) is 0. The molecule has 0 atom stereocenters. The minimum Gasteiger partial charge on any atom is -0.355 e. The summed E-state index contributed by atoms with van der Waals surface area (Å²) in [6.45, 7) is 14.7. The molecule has 1 rings (SSSR count). The Kier molecular flexibility index (Phi) is 6.09. The average molecular weight is 305 g/mol. The van der Waals surface area contributed by atoms with Gasteiger partial charge in [0.05, 0.1) is 10.6 Å². The lowest BCUT2D eigenvalue weighted by atomic mass is 10.1. The van der Waals surface area contributed by atoms with Gasteiger partial charge >= 0.3 is 0 Å². The highest BCUT2D eigenvalue weighted by molar-refractivity contribution is 5.87. The van der Waals surface area contributed by atoms with Crippen LogP contribution in [0, 0.1) is 23.0 Å². The number of aryl methyl sites for hydroxylation is 1. The van der Waals surface area contributed by atoms with Crippen LogP contribution in [0.15, 0.2) is 23.2 Å². The number of hydrogen-bond acceptors (Lipinski definition) is 3. The molecule has 0 aliphatic carbocycles. The van der Waals surface area contributed by atoms with Gasteiger partial charge in [0.15, 0.2) is 0 Å². The molecule has 5 heteroatoms. The summed E-state index contributed by atoms with van der Waals surface area (Å²) in [5.41, 5.74) is 1.72. The van der Waals surface area contributed by atoms with Gasteiger partial charge < -0.3 is 4.90 Å². The maximum atomic E-state index is 10.8. The van der Waals surface area contributed by atoms with Gasteiger partial charge in [-0.05, 0) is 46.2 Å². The van der Waals surface area contributed by atoms with Crippen LogP contribution >= 0.6 is 0 Å². The van der Waals surface area contributed by atoms with Crippen molar-refractivity contribution in [2.45, 2.75) is 60.5 Å². The third-order valence-electron chi connectivity index (χ3n) is 3.52. The van der Waals surface area contributed by atoms with Crippen LogP contribution in [-0.2, 0) is 0 Å². The van der Waals surface area contributed by atoms with Gasteiger partial charge in [-0.2, -0.15) is 0 Å². The standard InChI is InChI=1S/C17H27N3O2/c1-11(2)17(19(12(3)4)13(5)6)18-16-9-8-15(20(21)22)10-14(16)7/h8-13H,1-7H3. The Bertz CT molecular complexity index is 555. The Morgan fingerprint density at radius 2 is 1.68 bits per heavy atom. The van der Waals surface area contributed by atoms with E-state index in [0.717, 1.165) is 17.1 Å². The monoisotopic (exact) mass is 305 g/mol. The van der Waals surface area contributed by atoms with E-state index in [2.05, 4.69) is 46.4 Å². The molecule has 0 amide bonds. The molecule has 0 saturated carbocycles. The number of rotatable bonds is 5. The SMILES string of the molecule is Cc1cc([N+](=O)[O-])ccc1N=C(C(C)C)N(C(C)C)C(C)C. The van der Waals surface area contributed by atoms with Gasteiger partial charge in [-0.3, -0.25) is 10.1 Å². The van der Waals surface area contributed by atoms with Crippen LogP contribution in [0.25, 0.3) is 0 Å². The highest BCUT2D eigenvalue weighted by atomic mass is 16.6. The topological polar surface area (TPSA) is 58.7 Å². The summed E-state index contributed by atoms with van der Waals surface area (Å²) in [7, 11) is 0. The zero-order chi connectivity index (χ0) is 17.0. The first-order valence-electron chi connectivity index (χ1n) is 7.77. The molecule has 0 heterocycles. The Hall–Kier alpha value is -1.91. The second-order valence-corrected chi connectivity index (χ2v) is 6.45. The predicted molar refractivity (Wildman–Crippen MR) is 91.9 cm³/mol. The van der Waals surface area contributed by atoms with E-state index in [1.54, 1.807) is 12.1 Å². The summed E-state index contributed by atoms with van der Waals surface area (Å²) in [5.74, 6) is 1.29. The first kappa shape index (κ1) is 18.1. The van der Waals surface area contributed by atoms with E-state index in [-0.39, 0.29) is 16.5 Å². The summed E-state index contributed by atoms with van der Waals surface area (Å²) in [6, 6.07) is 5.51. The van der Waals surface area contributed by atoms with Crippen molar-refractivity contribution in [1.29, 1.82) is 0 Å². The summed E-state index contributed by atoms with van der Waals surface area (Å²) >= 11 is 0. The number of nitrogens with zero attached hydrogens (tertiary/aromatic N) is 3. The fourth-order valence-corrected chi connectivity index (χ4v) is 2.61. The van der Waals surface area contributed by atoms with Crippen molar-refractivity contribution in [3.05, 3.63) is 33.9 Å². The number of nitro groups is 1. The van der Waals surface area contributed by atoms with E-state index < -0.39 is 0 Å². The van der Waals surface area contributed by atoms with Gasteiger partial charge in [-0.1, -0.05) is 13.8 Å². The Labute approximate surface area is 133 Å². The average Bonchev–Trinajstić information content (AvgIpc) is 2.38. The summed E-state index contributed by atoms with van der Waals surface area (Å²) in [4.78, 5) is 17.6. The van der Waals surface area contributed by atoms with E-state index in [1.165, 1.54) is 6.07 Å². The van der Waals surface area contributed by atoms with Crippen LogP contribution < -0.4 is 0 Å². The number of nitro benzene ring substituents is 1. The van der Waals surface area contributed by atoms with E-state index in [1.807, 2.05) is 6.92 Å².